The maximum Gasteiger partial charge on any atom is 0.257 e. The van der Waals surface area contributed by atoms with Crippen molar-refractivity contribution < 1.29 is 17.9 Å². The van der Waals surface area contributed by atoms with Crippen LogP contribution in [0, 0.1) is 0 Å². The van der Waals surface area contributed by atoms with E-state index in [0.717, 1.165) is 12.8 Å². The van der Waals surface area contributed by atoms with Crippen molar-refractivity contribution >= 4 is 15.9 Å². The molecule has 0 aromatic heterocycles. The minimum absolute atomic E-state index is 0.0357. The number of sulfonamides is 1. The van der Waals surface area contributed by atoms with E-state index in [-0.39, 0.29) is 18.3 Å². The van der Waals surface area contributed by atoms with E-state index < -0.39 is 10.0 Å². The van der Waals surface area contributed by atoms with E-state index in [4.69, 9.17) is 4.74 Å². The Kier molecular flexibility index (Phi) is 6.21. The molecule has 6 nitrogen and oxygen atoms in total. The number of hydrogen-bond acceptors (Lipinski definition) is 4. The van der Waals surface area contributed by atoms with Crippen molar-refractivity contribution in [2.75, 3.05) is 32.0 Å². The van der Waals surface area contributed by atoms with Crippen LogP contribution in [0.5, 0.6) is 5.75 Å². The van der Waals surface area contributed by atoms with Gasteiger partial charge in [0.1, 0.15) is 5.75 Å². The summed E-state index contributed by atoms with van der Waals surface area (Å²) in [6, 6.07) is 9.13. The zero-order chi connectivity index (χ0) is 15.8. The quantitative estimate of drug-likeness (QED) is 0.759. The lowest BCUT2D eigenvalue weighted by Crippen LogP contribution is -2.39. The molecule has 0 radical (unpaired) electrons. The normalized spacial score (nSPS) is 17.8. The van der Waals surface area contributed by atoms with Gasteiger partial charge in [0.15, 0.2) is 6.61 Å². The van der Waals surface area contributed by atoms with E-state index in [1.807, 2.05) is 18.2 Å². The monoisotopic (exact) mass is 326 g/mol. The van der Waals surface area contributed by atoms with Crippen molar-refractivity contribution in [3.05, 3.63) is 30.3 Å². The summed E-state index contributed by atoms with van der Waals surface area (Å²) >= 11 is 0. The molecular weight excluding hydrogens is 304 g/mol. The fraction of sp³-hybridized carbons (Fsp3) is 0.533. The molecule has 0 bridgehead atoms. The highest BCUT2D eigenvalue weighted by atomic mass is 32.2. The Hall–Kier alpha value is -1.60. The van der Waals surface area contributed by atoms with Crippen molar-refractivity contribution in [3.63, 3.8) is 0 Å². The Morgan fingerprint density at radius 1 is 1.23 bits per heavy atom. The van der Waals surface area contributed by atoms with Gasteiger partial charge < -0.3 is 10.1 Å². The summed E-state index contributed by atoms with van der Waals surface area (Å²) < 4.78 is 30.4. The van der Waals surface area contributed by atoms with Gasteiger partial charge in [0, 0.05) is 19.6 Å². The third-order valence-electron chi connectivity index (χ3n) is 3.47. The first-order valence-electron chi connectivity index (χ1n) is 7.50. The van der Waals surface area contributed by atoms with Gasteiger partial charge >= 0.3 is 0 Å². The fourth-order valence-corrected chi connectivity index (χ4v) is 3.93. The summed E-state index contributed by atoms with van der Waals surface area (Å²) in [6.45, 7) is 1.46. The lowest BCUT2D eigenvalue weighted by atomic mass is 10.3. The zero-order valence-corrected chi connectivity index (χ0v) is 13.3. The smallest absolute Gasteiger partial charge is 0.257 e. The first kappa shape index (κ1) is 16.8. The van der Waals surface area contributed by atoms with Crippen LogP contribution in [0.15, 0.2) is 30.3 Å². The third-order valence-corrected chi connectivity index (χ3v) is 5.43. The SMILES string of the molecule is O=C(COc1ccccc1)NCCCN1CCCCS1(=O)=O. The third kappa shape index (κ3) is 5.31. The summed E-state index contributed by atoms with van der Waals surface area (Å²) in [5, 5.41) is 2.73. The highest BCUT2D eigenvalue weighted by Gasteiger charge is 2.24. The molecule has 1 aliphatic rings. The number of para-hydroxylation sites is 1. The van der Waals surface area contributed by atoms with Crippen LogP contribution in [0.25, 0.3) is 0 Å². The summed E-state index contributed by atoms with van der Waals surface area (Å²) in [4.78, 5) is 11.6. The zero-order valence-electron chi connectivity index (χ0n) is 12.5. The molecule has 0 unspecified atom stereocenters. The van der Waals surface area contributed by atoms with E-state index in [1.165, 1.54) is 4.31 Å². The molecule has 1 aliphatic heterocycles. The van der Waals surface area contributed by atoms with E-state index in [2.05, 4.69) is 5.32 Å². The lowest BCUT2D eigenvalue weighted by molar-refractivity contribution is -0.123. The number of benzene rings is 1. The van der Waals surface area contributed by atoms with Crippen LogP contribution in [0.1, 0.15) is 19.3 Å². The molecule has 0 aliphatic carbocycles. The number of rotatable bonds is 7. The van der Waals surface area contributed by atoms with Gasteiger partial charge in [0.05, 0.1) is 5.75 Å². The first-order chi connectivity index (χ1) is 10.6. The van der Waals surface area contributed by atoms with Crippen molar-refractivity contribution in [1.29, 1.82) is 0 Å². The molecule has 1 fully saturated rings. The molecule has 122 valence electrons. The minimum atomic E-state index is -3.07. The van der Waals surface area contributed by atoms with Gasteiger partial charge in [-0.1, -0.05) is 18.2 Å². The Bertz CT molecular complexity index is 574. The van der Waals surface area contributed by atoms with E-state index >= 15 is 0 Å². The predicted octanol–water partition coefficient (Wildman–Crippen LogP) is 0.997. The summed E-state index contributed by atoms with van der Waals surface area (Å²) in [5.41, 5.74) is 0. The van der Waals surface area contributed by atoms with Crippen LogP contribution in [-0.4, -0.2) is 50.6 Å². The first-order valence-corrected chi connectivity index (χ1v) is 9.11. The number of nitrogens with one attached hydrogen (secondary N) is 1. The maximum atomic E-state index is 11.8. The van der Waals surface area contributed by atoms with Crippen molar-refractivity contribution in [3.8, 4) is 5.75 Å². The number of carbonyl (C=O) groups is 1. The van der Waals surface area contributed by atoms with Crippen LogP contribution < -0.4 is 10.1 Å². The number of amides is 1. The number of nitrogens with zero attached hydrogens (tertiary/aromatic N) is 1. The molecule has 2 rings (SSSR count). The Labute approximate surface area is 131 Å². The fourth-order valence-electron chi connectivity index (χ4n) is 2.29. The molecule has 22 heavy (non-hydrogen) atoms. The number of ether oxygens (including phenoxy) is 1. The van der Waals surface area contributed by atoms with Gasteiger partial charge in [-0.25, -0.2) is 12.7 Å². The second-order valence-electron chi connectivity index (χ2n) is 5.23. The van der Waals surface area contributed by atoms with E-state index in [0.29, 0.717) is 31.8 Å². The van der Waals surface area contributed by atoms with Gasteiger partial charge in [-0.2, -0.15) is 0 Å². The van der Waals surface area contributed by atoms with Crippen LogP contribution >= 0.6 is 0 Å². The van der Waals surface area contributed by atoms with E-state index in [1.54, 1.807) is 12.1 Å². The molecule has 1 amide bonds. The van der Waals surface area contributed by atoms with Crippen molar-refractivity contribution in [1.82, 2.24) is 9.62 Å². The second kappa shape index (κ2) is 8.14. The standard InChI is InChI=1S/C15H22N2O4S/c18-15(13-21-14-7-2-1-3-8-14)16-9-6-11-17-10-4-5-12-22(17,19)20/h1-3,7-8H,4-6,9-13H2,(H,16,18). The molecular formula is C15H22N2O4S. The predicted molar refractivity (Wildman–Crippen MR) is 84.2 cm³/mol. The molecule has 1 aromatic carbocycles. The molecule has 0 saturated carbocycles. The van der Waals surface area contributed by atoms with Crippen LogP contribution in [0.4, 0.5) is 0 Å². The van der Waals surface area contributed by atoms with Crippen LogP contribution in [-0.2, 0) is 14.8 Å². The molecule has 0 spiro atoms. The topological polar surface area (TPSA) is 75.7 Å². The van der Waals surface area contributed by atoms with Gasteiger partial charge in [0.25, 0.3) is 5.91 Å². The Morgan fingerprint density at radius 3 is 2.73 bits per heavy atom. The molecule has 0 atom stereocenters. The second-order valence-corrected chi connectivity index (χ2v) is 7.32. The Morgan fingerprint density at radius 2 is 2.00 bits per heavy atom. The van der Waals surface area contributed by atoms with Crippen molar-refractivity contribution in [2.24, 2.45) is 0 Å². The minimum Gasteiger partial charge on any atom is -0.484 e. The molecule has 1 saturated heterocycles. The average molecular weight is 326 g/mol. The molecule has 1 heterocycles. The maximum absolute atomic E-state index is 11.8. The Balaban J connectivity index is 1.61. The van der Waals surface area contributed by atoms with Gasteiger partial charge in [-0.15, -0.1) is 0 Å². The highest BCUT2D eigenvalue weighted by molar-refractivity contribution is 7.89. The molecule has 1 N–H and O–H groups in total. The summed E-state index contributed by atoms with van der Waals surface area (Å²) in [5.74, 6) is 0.687. The number of hydrogen-bond donors (Lipinski definition) is 1. The highest BCUT2D eigenvalue weighted by Crippen LogP contribution is 2.13. The molecule has 7 heteroatoms. The van der Waals surface area contributed by atoms with E-state index in [9.17, 15) is 13.2 Å². The largest absolute Gasteiger partial charge is 0.484 e. The summed E-state index contributed by atoms with van der Waals surface area (Å²) in [6.07, 6.45) is 2.26. The van der Waals surface area contributed by atoms with Gasteiger partial charge in [-0.3, -0.25) is 4.79 Å². The van der Waals surface area contributed by atoms with Gasteiger partial charge in [0.2, 0.25) is 10.0 Å². The van der Waals surface area contributed by atoms with Crippen LogP contribution in [0.3, 0.4) is 0 Å². The molecule has 1 aromatic rings. The number of carbonyl (C=O) groups excluding carboxylic acids is 1. The van der Waals surface area contributed by atoms with Crippen molar-refractivity contribution in [2.45, 2.75) is 19.3 Å². The average Bonchev–Trinajstić information content (AvgIpc) is 2.51. The summed E-state index contributed by atoms with van der Waals surface area (Å²) in [7, 11) is -3.07. The van der Waals surface area contributed by atoms with Gasteiger partial charge in [-0.05, 0) is 31.4 Å². The van der Waals surface area contributed by atoms with Crippen LogP contribution in [0.2, 0.25) is 0 Å². The lowest BCUT2D eigenvalue weighted by Gasteiger charge is -2.26.